The number of benzene rings is 1. The molecule has 0 saturated carbocycles. The molecule has 0 atom stereocenters. The highest BCUT2D eigenvalue weighted by molar-refractivity contribution is 6.31. The zero-order chi connectivity index (χ0) is 14.3. The first-order valence-corrected chi connectivity index (χ1v) is 6.69. The lowest BCUT2D eigenvalue weighted by Crippen LogP contribution is -2.27. The van der Waals surface area contributed by atoms with Crippen LogP contribution in [0.4, 0.5) is 5.69 Å². The molecule has 0 N–H and O–H groups in total. The average Bonchev–Trinajstić information content (AvgIpc) is 2.39. The topological polar surface area (TPSA) is 55.6 Å². The zero-order valence-corrected chi connectivity index (χ0v) is 12.0. The molecule has 106 valence electrons. The summed E-state index contributed by atoms with van der Waals surface area (Å²) in [4.78, 5) is 12.5. The molecule has 6 heteroatoms. The van der Waals surface area contributed by atoms with E-state index >= 15 is 0 Å². The van der Waals surface area contributed by atoms with Gasteiger partial charge in [-0.3, -0.25) is 15.0 Å². The monoisotopic (exact) mass is 286 g/mol. The smallest absolute Gasteiger partial charge is 0.269 e. The van der Waals surface area contributed by atoms with Crippen LogP contribution in [0, 0.1) is 10.1 Å². The Balaban J connectivity index is 2.72. The van der Waals surface area contributed by atoms with E-state index in [0.717, 1.165) is 18.7 Å². The number of nitro groups is 1. The number of hydrogen-bond acceptors (Lipinski definition) is 4. The van der Waals surface area contributed by atoms with Crippen LogP contribution in [0.3, 0.4) is 0 Å². The molecule has 0 aliphatic heterocycles. The van der Waals surface area contributed by atoms with Gasteiger partial charge in [-0.25, -0.2) is 0 Å². The molecular formula is C13H19ClN2O3. The molecule has 0 unspecified atom stereocenters. The maximum Gasteiger partial charge on any atom is 0.269 e. The second kappa shape index (κ2) is 8.09. The van der Waals surface area contributed by atoms with Crippen LogP contribution in [0.5, 0.6) is 0 Å². The van der Waals surface area contributed by atoms with Gasteiger partial charge >= 0.3 is 0 Å². The van der Waals surface area contributed by atoms with E-state index in [1.54, 1.807) is 6.07 Å². The largest absolute Gasteiger partial charge is 0.380 e. The summed E-state index contributed by atoms with van der Waals surface area (Å²) < 4.78 is 5.31. The number of nitro benzene ring substituents is 1. The van der Waals surface area contributed by atoms with E-state index in [4.69, 9.17) is 16.3 Å². The van der Waals surface area contributed by atoms with E-state index in [9.17, 15) is 10.1 Å². The third-order valence-corrected chi connectivity index (χ3v) is 3.21. The number of ether oxygens (including phenoxy) is 1. The zero-order valence-electron chi connectivity index (χ0n) is 11.3. The molecule has 0 saturated heterocycles. The van der Waals surface area contributed by atoms with E-state index in [-0.39, 0.29) is 5.69 Å². The van der Waals surface area contributed by atoms with Crippen molar-refractivity contribution in [2.24, 2.45) is 0 Å². The van der Waals surface area contributed by atoms with Gasteiger partial charge in [0.1, 0.15) is 0 Å². The molecule has 0 aliphatic rings. The van der Waals surface area contributed by atoms with Gasteiger partial charge in [0.25, 0.3) is 5.69 Å². The average molecular weight is 287 g/mol. The first kappa shape index (κ1) is 15.9. The number of rotatable bonds is 8. The standard InChI is InChI=1S/C13H19ClN2O3/c1-3-15(7-8-19-4-2)10-11-9-12(16(17)18)5-6-13(11)14/h5-6,9H,3-4,7-8,10H2,1-2H3. The Morgan fingerprint density at radius 2 is 2.16 bits per heavy atom. The molecule has 0 amide bonds. The molecule has 1 aromatic carbocycles. The van der Waals surface area contributed by atoms with E-state index in [2.05, 4.69) is 4.90 Å². The number of hydrogen-bond donors (Lipinski definition) is 0. The predicted molar refractivity (Wildman–Crippen MR) is 75.6 cm³/mol. The molecule has 0 spiro atoms. The van der Waals surface area contributed by atoms with Crippen LogP contribution in [0.25, 0.3) is 0 Å². The minimum atomic E-state index is -0.406. The van der Waals surface area contributed by atoms with Gasteiger partial charge in [0, 0.05) is 36.9 Å². The SMILES string of the molecule is CCOCCN(CC)Cc1cc([N+](=O)[O-])ccc1Cl. The number of non-ortho nitro benzene ring substituents is 1. The fourth-order valence-electron chi connectivity index (χ4n) is 1.72. The molecule has 0 bridgehead atoms. The van der Waals surface area contributed by atoms with Crippen LogP contribution in [0.1, 0.15) is 19.4 Å². The Morgan fingerprint density at radius 1 is 1.42 bits per heavy atom. The molecular weight excluding hydrogens is 268 g/mol. The maximum absolute atomic E-state index is 10.8. The van der Waals surface area contributed by atoms with Crippen LogP contribution in [-0.4, -0.2) is 36.1 Å². The number of nitrogens with zero attached hydrogens (tertiary/aromatic N) is 2. The Labute approximate surface area is 118 Å². The maximum atomic E-state index is 10.8. The second-order valence-corrected chi connectivity index (χ2v) is 4.51. The lowest BCUT2D eigenvalue weighted by atomic mass is 10.2. The van der Waals surface area contributed by atoms with Gasteiger partial charge in [0.05, 0.1) is 11.5 Å². The predicted octanol–water partition coefficient (Wildman–Crippen LogP) is 3.11. The first-order chi connectivity index (χ1) is 9.08. The Bertz CT molecular complexity index is 426. The van der Waals surface area contributed by atoms with Gasteiger partial charge in [-0.1, -0.05) is 18.5 Å². The molecule has 19 heavy (non-hydrogen) atoms. The van der Waals surface area contributed by atoms with Gasteiger partial charge in [0.15, 0.2) is 0 Å². The van der Waals surface area contributed by atoms with Crippen molar-refractivity contribution in [2.45, 2.75) is 20.4 Å². The molecule has 0 heterocycles. The van der Waals surface area contributed by atoms with E-state index in [1.165, 1.54) is 12.1 Å². The minimum absolute atomic E-state index is 0.0697. The molecule has 0 aromatic heterocycles. The third kappa shape index (κ3) is 5.14. The summed E-state index contributed by atoms with van der Waals surface area (Å²) in [6.45, 7) is 7.54. The highest BCUT2D eigenvalue weighted by Crippen LogP contribution is 2.23. The highest BCUT2D eigenvalue weighted by atomic mass is 35.5. The van der Waals surface area contributed by atoms with Crippen molar-refractivity contribution < 1.29 is 9.66 Å². The molecule has 5 nitrogen and oxygen atoms in total. The van der Waals surface area contributed by atoms with E-state index < -0.39 is 4.92 Å². The van der Waals surface area contributed by atoms with Crippen molar-refractivity contribution in [3.05, 3.63) is 38.9 Å². The summed E-state index contributed by atoms with van der Waals surface area (Å²) in [5, 5.41) is 11.3. The molecule has 1 aromatic rings. The van der Waals surface area contributed by atoms with Gasteiger partial charge < -0.3 is 4.74 Å². The first-order valence-electron chi connectivity index (χ1n) is 6.31. The van der Waals surface area contributed by atoms with Gasteiger partial charge in [-0.2, -0.15) is 0 Å². The fraction of sp³-hybridized carbons (Fsp3) is 0.538. The fourth-order valence-corrected chi connectivity index (χ4v) is 1.90. The van der Waals surface area contributed by atoms with Crippen LogP contribution >= 0.6 is 11.6 Å². The summed E-state index contributed by atoms with van der Waals surface area (Å²) in [6.07, 6.45) is 0. The van der Waals surface area contributed by atoms with Crippen molar-refractivity contribution in [3.8, 4) is 0 Å². The Hall–Kier alpha value is -1.17. The quantitative estimate of drug-likeness (QED) is 0.419. The summed E-state index contributed by atoms with van der Waals surface area (Å²) in [5.41, 5.74) is 0.842. The summed E-state index contributed by atoms with van der Waals surface area (Å²) in [5.74, 6) is 0. The number of halogens is 1. The van der Waals surface area contributed by atoms with E-state index in [1.807, 2.05) is 13.8 Å². The second-order valence-electron chi connectivity index (χ2n) is 4.10. The molecule has 1 rings (SSSR count). The number of likely N-dealkylation sites (N-methyl/N-ethyl adjacent to an activating group) is 1. The van der Waals surface area contributed by atoms with Crippen molar-refractivity contribution in [1.29, 1.82) is 0 Å². The van der Waals surface area contributed by atoms with Crippen molar-refractivity contribution in [1.82, 2.24) is 4.90 Å². The van der Waals surface area contributed by atoms with Crippen molar-refractivity contribution in [3.63, 3.8) is 0 Å². The van der Waals surface area contributed by atoms with Crippen LogP contribution in [0.2, 0.25) is 5.02 Å². The lowest BCUT2D eigenvalue weighted by molar-refractivity contribution is -0.384. The summed E-state index contributed by atoms with van der Waals surface area (Å²) >= 11 is 6.08. The van der Waals surface area contributed by atoms with Crippen LogP contribution < -0.4 is 0 Å². The Morgan fingerprint density at radius 3 is 2.74 bits per heavy atom. The molecule has 0 fully saturated rings. The summed E-state index contributed by atoms with van der Waals surface area (Å²) in [7, 11) is 0. The van der Waals surface area contributed by atoms with Gasteiger partial charge in [0.2, 0.25) is 0 Å². The van der Waals surface area contributed by atoms with Crippen molar-refractivity contribution in [2.75, 3.05) is 26.3 Å². The third-order valence-electron chi connectivity index (χ3n) is 2.84. The Kier molecular flexibility index (Phi) is 6.77. The van der Waals surface area contributed by atoms with Crippen LogP contribution in [0.15, 0.2) is 18.2 Å². The minimum Gasteiger partial charge on any atom is -0.380 e. The highest BCUT2D eigenvalue weighted by Gasteiger charge is 2.12. The molecule has 0 radical (unpaired) electrons. The van der Waals surface area contributed by atoms with Crippen LogP contribution in [-0.2, 0) is 11.3 Å². The molecule has 0 aliphatic carbocycles. The normalized spacial score (nSPS) is 10.9. The van der Waals surface area contributed by atoms with E-state index in [0.29, 0.717) is 24.8 Å². The van der Waals surface area contributed by atoms with Gasteiger partial charge in [-0.15, -0.1) is 0 Å². The van der Waals surface area contributed by atoms with Gasteiger partial charge in [-0.05, 0) is 25.1 Å². The summed E-state index contributed by atoms with van der Waals surface area (Å²) in [6, 6.07) is 4.53. The van der Waals surface area contributed by atoms with Crippen molar-refractivity contribution >= 4 is 17.3 Å². The lowest BCUT2D eigenvalue weighted by Gasteiger charge is -2.20.